The van der Waals surface area contributed by atoms with Crippen molar-refractivity contribution in [3.8, 4) is 0 Å². The Morgan fingerprint density at radius 1 is 1.17 bits per heavy atom. The normalized spacial score (nSPS) is 19.5. The first-order chi connectivity index (χ1) is 21.8. The van der Waals surface area contributed by atoms with Crippen LogP contribution in [0.25, 0.3) is 5.70 Å². The standard InChI is InChI=1S/C37H50N6O3/c1-9-25(4)21-39-34-31(26(5)24(2)3)20-32(42-34)28-12-14-29(15-13-28)40-35(44)33-19-27(16-17-38-33)22-43-18-10-11-30(23-43)41-36(45)46-37(6,7)8/h12-17,19-21,24,30H,9-11,18,22-23H2,1-8H3,(H,39,42)(H,40,44)(H,41,45)/b25-21+,31-26+. The van der Waals surface area contributed by atoms with Gasteiger partial charge in [0.2, 0.25) is 0 Å². The molecule has 3 heterocycles. The summed E-state index contributed by atoms with van der Waals surface area (Å²) in [7, 11) is 0. The summed E-state index contributed by atoms with van der Waals surface area (Å²) in [6.45, 7) is 18.6. The number of amides is 2. The first-order valence-corrected chi connectivity index (χ1v) is 16.3. The number of carbonyl (C=O) groups is 2. The fourth-order valence-electron chi connectivity index (χ4n) is 5.25. The molecule has 4 rings (SSSR count). The first-order valence-electron chi connectivity index (χ1n) is 16.3. The maximum Gasteiger partial charge on any atom is 0.407 e. The number of allylic oxidation sites excluding steroid dienone is 2. The lowest BCUT2D eigenvalue weighted by Gasteiger charge is -2.33. The van der Waals surface area contributed by atoms with Crippen molar-refractivity contribution in [2.24, 2.45) is 10.9 Å². The molecular weight excluding hydrogens is 576 g/mol. The Kier molecular flexibility index (Phi) is 11.6. The van der Waals surface area contributed by atoms with Crippen molar-refractivity contribution < 1.29 is 14.3 Å². The summed E-state index contributed by atoms with van der Waals surface area (Å²) in [6, 6.07) is 11.6. The maximum absolute atomic E-state index is 13.2. The van der Waals surface area contributed by atoms with Gasteiger partial charge < -0.3 is 20.7 Å². The van der Waals surface area contributed by atoms with Crippen molar-refractivity contribution >= 4 is 29.2 Å². The third kappa shape index (κ3) is 9.88. The predicted molar refractivity (Wildman–Crippen MR) is 186 cm³/mol. The second-order valence-corrected chi connectivity index (χ2v) is 13.5. The predicted octanol–water partition coefficient (Wildman–Crippen LogP) is 7.45. The molecule has 0 aliphatic carbocycles. The van der Waals surface area contributed by atoms with Gasteiger partial charge in [0.1, 0.15) is 17.1 Å². The van der Waals surface area contributed by atoms with Crippen LogP contribution >= 0.6 is 0 Å². The number of benzene rings is 1. The van der Waals surface area contributed by atoms with Crippen LogP contribution in [0.3, 0.4) is 0 Å². The number of carbonyl (C=O) groups excluding carboxylic acids is 2. The molecule has 0 radical (unpaired) electrons. The van der Waals surface area contributed by atoms with E-state index in [1.165, 1.54) is 11.1 Å². The van der Waals surface area contributed by atoms with Crippen LogP contribution in [-0.2, 0) is 11.3 Å². The number of hydrogen-bond donors (Lipinski definition) is 3. The summed E-state index contributed by atoms with van der Waals surface area (Å²) < 4.78 is 5.43. The summed E-state index contributed by atoms with van der Waals surface area (Å²) in [4.78, 5) is 36.8. The smallest absolute Gasteiger partial charge is 0.407 e. The van der Waals surface area contributed by atoms with E-state index in [4.69, 9.17) is 9.73 Å². The number of rotatable bonds is 9. The highest BCUT2D eigenvalue weighted by molar-refractivity contribution is 6.12. The minimum Gasteiger partial charge on any atom is -0.444 e. The van der Waals surface area contributed by atoms with Gasteiger partial charge in [0.05, 0.1) is 0 Å². The molecule has 0 bridgehead atoms. The summed E-state index contributed by atoms with van der Waals surface area (Å²) in [5, 5.41) is 9.48. The Labute approximate surface area is 274 Å². The molecule has 9 nitrogen and oxygen atoms in total. The van der Waals surface area contributed by atoms with E-state index >= 15 is 0 Å². The lowest BCUT2D eigenvalue weighted by atomic mass is 9.98. The number of aliphatic imine (C=N–C) groups is 1. The van der Waals surface area contributed by atoms with Crippen molar-refractivity contribution in [2.45, 2.75) is 92.8 Å². The zero-order valence-electron chi connectivity index (χ0n) is 28.7. The van der Waals surface area contributed by atoms with Gasteiger partial charge in [-0.15, -0.1) is 0 Å². The number of pyridine rings is 1. The van der Waals surface area contributed by atoms with Gasteiger partial charge in [0, 0.05) is 48.5 Å². The molecule has 2 aromatic rings. The van der Waals surface area contributed by atoms with Crippen molar-refractivity contribution in [1.82, 2.24) is 20.5 Å². The average Bonchev–Trinajstić information content (AvgIpc) is 3.43. The van der Waals surface area contributed by atoms with Crippen LogP contribution in [0.4, 0.5) is 10.5 Å². The molecule has 2 amide bonds. The second-order valence-electron chi connectivity index (χ2n) is 13.5. The summed E-state index contributed by atoms with van der Waals surface area (Å²) >= 11 is 0. The molecule has 1 aromatic heterocycles. The lowest BCUT2D eigenvalue weighted by molar-refractivity contribution is 0.0470. The van der Waals surface area contributed by atoms with Crippen LogP contribution in [-0.4, -0.2) is 52.5 Å². The number of anilines is 1. The number of aromatic nitrogens is 1. The topological polar surface area (TPSA) is 108 Å². The van der Waals surface area contributed by atoms with Crippen LogP contribution in [0.1, 0.15) is 96.3 Å². The monoisotopic (exact) mass is 626 g/mol. The molecule has 1 unspecified atom stereocenters. The average molecular weight is 627 g/mol. The van der Waals surface area contributed by atoms with Crippen molar-refractivity contribution in [2.75, 3.05) is 18.4 Å². The fourth-order valence-corrected chi connectivity index (χ4v) is 5.25. The molecule has 1 fully saturated rings. The van der Waals surface area contributed by atoms with Crippen LogP contribution in [0, 0.1) is 5.92 Å². The molecule has 0 saturated carbocycles. The Morgan fingerprint density at radius 3 is 2.59 bits per heavy atom. The highest BCUT2D eigenvalue weighted by atomic mass is 16.6. The van der Waals surface area contributed by atoms with Gasteiger partial charge in [-0.3, -0.25) is 14.7 Å². The molecular formula is C37H50N6O3. The lowest BCUT2D eigenvalue weighted by Crippen LogP contribution is -2.48. The van der Waals surface area contributed by atoms with Gasteiger partial charge in [-0.25, -0.2) is 9.79 Å². The number of hydrogen-bond acceptors (Lipinski definition) is 6. The largest absolute Gasteiger partial charge is 0.444 e. The molecule has 246 valence electrons. The van der Waals surface area contributed by atoms with Gasteiger partial charge in [-0.2, -0.15) is 0 Å². The Hall–Kier alpha value is -4.24. The van der Waals surface area contributed by atoms with Gasteiger partial charge in [-0.1, -0.05) is 44.1 Å². The van der Waals surface area contributed by atoms with Gasteiger partial charge in [-0.05, 0) is 108 Å². The third-order valence-corrected chi connectivity index (χ3v) is 8.20. The maximum atomic E-state index is 13.2. The van der Waals surface area contributed by atoms with Crippen molar-refractivity contribution in [3.63, 3.8) is 0 Å². The number of ether oxygens (including phenoxy) is 1. The minimum atomic E-state index is -0.530. The highest BCUT2D eigenvalue weighted by Crippen LogP contribution is 2.27. The molecule has 2 aliphatic heterocycles. The number of piperidine rings is 1. The van der Waals surface area contributed by atoms with Crippen LogP contribution in [0.5, 0.6) is 0 Å². The SMILES string of the molecule is CC/C(C)=C/N=C1\NC(c2ccc(NC(=O)c3cc(CN4CCCC(NC(=O)OC(C)(C)C)C4)ccn3)cc2)=C\C1=C(\C)C(C)C. The minimum absolute atomic E-state index is 0.0224. The van der Waals surface area contributed by atoms with Crippen molar-refractivity contribution in [1.29, 1.82) is 0 Å². The fraction of sp³-hybridized carbons (Fsp3) is 0.459. The van der Waals surface area contributed by atoms with Crippen LogP contribution in [0.15, 0.2) is 76.6 Å². The number of alkyl carbamates (subject to hydrolysis) is 1. The van der Waals surface area contributed by atoms with Crippen LogP contribution in [0.2, 0.25) is 0 Å². The zero-order valence-corrected chi connectivity index (χ0v) is 28.7. The molecule has 3 N–H and O–H groups in total. The van der Waals surface area contributed by atoms with E-state index < -0.39 is 5.60 Å². The van der Waals surface area contributed by atoms with E-state index in [9.17, 15) is 9.59 Å². The van der Waals surface area contributed by atoms with E-state index in [1.807, 2.05) is 63.4 Å². The number of nitrogens with zero attached hydrogens (tertiary/aromatic N) is 3. The quantitative estimate of drug-likeness (QED) is 0.267. The highest BCUT2D eigenvalue weighted by Gasteiger charge is 2.25. The Bertz CT molecular complexity index is 1530. The Balaban J connectivity index is 1.38. The van der Waals surface area contributed by atoms with E-state index in [0.717, 1.165) is 60.6 Å². The molecule has 46 heavy (non-hydrogen) atoms. The zero-order chi connectivity index (χ0) is 33.4. The van der Waals surface area contributed by atoms with Crippen LogP contribution < -0.4 is 16.0 Å². The summed E-state index contributed by atoms with van der Waals surface area (Å²) in [5.41, 5.74) is 7.12. The Morgan fingerprint density at radius 2 is 1.91 bits per heavy atom. The molecule has 1 saturated heterocycles. The second kappa shape index (κ2) is 15.4. The van der Waals surface area contributed by atoms with Crippen molar-refractivity contribution in [3.05, 3.63) is 88.4 Å². The summed E-state index contributed by atoms with van der Waals surface area (Å²) in [6.07, 6.45) is 8.22. The van der Waals surface area contributed by atoms with E-state index in [1.54, 1.807) is 6.20 Å². The number of likely N-dealkylation sites (tertiary alicyclic amines) is 1. The van der Waals surface area contributed by atoms with E-state index in [0.29, 0.717) is 23.8 Å². The first kappa shape index (κ1) is 34.6. The number of amidine groups is 1. The van der Waals surface area contributed by atoms with E-state index in [-0.39, 0.29) is 18.0 Å². The van der Waals surface area contributed by atoms with Gasteiger partial charge in [0.25, 0.3) is 5.91 Å². The van der Waals surface area contributed by atoms with Gasteiger partial charge in [0.15, 0.2) is 0 Å². The number of nitrogens with one attached hydrogen (secondary N) is 3. The molecule has 0 spiro atoms. The summed E-state index contributed by atoms with van der Waals surface area (Å²) in [5.74, 6) is 0.995. The molecule has 1 aromatic carbocycles. The third-order valence-electron chi connectivity index (χ3n) is 8.20. The van der Waals surface area contributed by atoms with E-state index in [2.05, 4.69) is 66.5 Å². The molecule has 1 atom stereocenters. The molecule has 2 aliphatic rings. The molecule has 9 heteroatoms. The van der Waals surface area contributed by atoms with Gasteiger partial charge >= 0.3 is 6.09 Å².